The van der Waals surface area contributed by atoms with Crippen molar-refractivity contribution in [1.82, 2.24) is 14.8 Å². The summed E-state index contributed by atoms with van der Waals surface area (Å²) in [5, 5.41) is 6.29. The van der Waals surface area contributed by atoms with Gasteiger partial charge in [-0.2, -0.15) is 18.3 Å². The number of halogens is 3. The lowest BCUT2D eigenvalue weighted by molar-refractivity contribution is -0.137. The van der Waals surface area contributed by atoms with Crippen LogP contribution in [0.15, 0.2) is 72.9 Å². The van der Waals surface area contributed by atoms with Crippen molar-refractivity contribution in [3.8, 4) is 16.9 Å². The van der Waals surface area contributed by atoms with Crippen molar-refractivity contribution in [2.75, 3.05) is 0 Å². The molecule has 0 N–H and O–H groups in total. The van der Waals surface area contributed by atoms with Crippen molar-refractivity contribution in [2.24, 2.45) is 0 Å². The molecule has 31 heavy (non-hydrogen) atoms. The Balaban J connectivity index is 1.87. The summed E-state index contributed by atoms with van der Waals surface area (Å²) in [4.78, 5) is 4.36. The standard InChI is InChI=1S/C25H18F3N3/c1-15-8-10-19(12-16(15)2)31-24-20-11-9-18(25(26,27)28)13-22(20)29-14-21(24)23(30-31)17-6-4-3-5-7-17/h3-14H,1-2H3. The molecule has 0 saturated carbocycles. The molecule has 5 rings (SSSR count). The molecule has 0 fully saturated rings. The van der Waals surface area contributed by atoms with Crippen LogP contribution < -0.4 is 0 Å². The Bertz CT molecular complexity index is 1430. The van der Waals surface area contributed by atoms with Gasteiger partial charge >= 0.3 is 6.18 Å². The number of aromatic nitrogens is 3. The lowest BCUT2D eigenvalue weighted by Gasteiger charge is -2.10. The molecule has 0 atom stereocenters. The first-order valence-electron chi connectivity index (χ1n) is 9.84. The second kappa shape index (κ2) is 6.94. The van der Waals surface area contributed by atoms with E-state index in [0.29, 0.717) is 5.39 Å². The molecule has 0 radical (unpaired) electrons. The maximum atomic E-state index is 13.2. The van der Waals surface area contributed by atoms with Gasteiger partial charge in [-0.1, -0.05) is 42.5 Å². The molecule has 2 aromatic heterocycles. The summed E-state index contributed by atoms with van der Waals surface area (Å²) in [5.74, 6) is 0. The number of rotatable bonds is 2. The van der Waals surface area contributed by atoms with E-state index in [-0.39, 0.29) is 5.52 Å². The summed E-state index contributed by atoms with van der Waals surface area (Å²) in [6.07, 6.45) is -2.81. The van der Waals surface area contributed by atoms with Crippen molar-refractivity contribution < 1.29 is 13.2 Å². The van der Waals surface area contributed by atoms with Crippen molar-refractivity contribution in [3.05, 3.63) is 89.6 Å². The predicted molar refractivity (Wildman–Crippen MR) is 116 cm³/mol. The Labute approximate surface area is 176 Å². The number of hydrogen-bond acceptors (Lipinski definition) is 2. The highest BCUT2D eigenvalue weighted by molar-refractivity contribution is 6.08. The van der Waals surface area contributed by atoms with Gasteiger partial charge in [0.1, 0.15) is 5.69 Å². The van der Waals surface area contributed by atoms with Gasteiger partial charge in [0.2, 0.25) is 0 Å². The molecular weight excluding hydrogens is 399 g/mol. The Morgan fingerprint density at radius 2 is 1.58 bits per heavy atom. The molecule has 3 nitrogen and oxygen atoms in total. The van der Waals surface area contributed by atoms with Crippen LogP contribution in [0.25, 0.3) is 38.8 Å². The fourth-order valence-electron chi connectivity index (χ4n) is 3.81. The number of fused-ring (bicyclic) bond motifs is 3. The van der Waals surface area contributed by atoms with E-state index in [9.17, 15) is 13.2 Å². The molecule has 0 aliphatic heterocycles. The van der Waals surface area contributed by atoms with E-state index in [1.165, 1.54) is 6.07 Å². The molecule has 0 spiro atoms. The fraction of sp³-hybridized carbons (Fsp3) is 0.120. The van der Waals surface area contributed by atoms with Crippen LogP contribution in [0.3, 0.4) is 0 Å². The van der Waals surface area contributed by atoms with E-state index in [1.807, 2.05) is 62.4 Å². The van der Waals surface area contributed by atoms with Gasteiger partial charge in [0.25, 0.3) is 0 Å². The minimum Gasteiger partial charge on any atom is -0.255 e. The minimum absolute atomic E-state index is 0.284. The molecule has 3 aromatic carbocycles. The summed E-state index contributed by atoms with van der Waals surface area (Å²) in [7, 11) is 0. The largest absolute Gasteiger partial charge is 0.416 e. The van der Waals surface area contributed by atoms with Gasteiger partial charge in [-0.05, 0) is 49.2 Å². The molecule has 0 saturated heterocycles. The molecule has 0 bridgehead atoms. The maximum Gasteiger partial charge on any atom is 0.416 e. The molecule has 0 unspecified atom stereocenters. The number of pyridine rings is 1. The second-order valence-corrected chi connectivity index (χ2v) is 7.65. The van der Waals surface area contributed by atoms with Crippen molar-refractivity contribution in [1.29, 1.82) is 0 Å². The molecule has 154 valence electrons. The van der Waals surface area contributed by atoms with E-state index < -0.39 is 11.7 Å². The third-order valence-corrected chi connectivity index (χ3v) is 5.62. The number of aryl methyl sites for hydroxylation is 2. The van der Waals surface area contributed by atoms with Crippen molar-refractivity contribution in [3.63, 3.8) is 0 Å². The molecule has 0 aliphatic rings. The third-order valence-electron chi connectivity index (χ3n) is 5.62. The Morgan fingerprint density at radius 1 is 0.806 bits per heavy atom. The van der Waals surface area contributed by atoms with E-state index in [0.717, 1.165) is 51.1 Å². The van der Waals surface area contributed by atoms with Gasteiger partial charge in [0.05, 0.1) is 22.3 Å². The van der Waals surface area contributed by atoms with Crippen molar-refractivity contribution >= 4 is 21.8 Å². The van der Waals surface area contributed by atoms with Crippen LogP contribution in [0.4, 0.5) is 13.2 Å². The maximum absolute atomic E-state index is 13.2. The zero-order valence-corrected chi connectivity index (χ0v) is 16.9. The van der Waals surface area contributed by atoms with Crippen LogP contribution in [0.2, 0.25) is 0 Å². The van der Waals surface area contributed by atoms with Crippen LogP contribution in [0.1, 0.15) is 16.7 Å². The van der Waals surface area contributed by atoms with Gasteiger partial charge < -0.3 is 0 Å². The van der Waals surface area contributed by atoms with Gasteiger partial charge in [0.15, 0.2) is 0 Å². The number of nitrogens with zero attached hydrogens (tertiary/aromatic N) is 3. The van der Waals surface area contributed by atoms with Crippen molar-refractivity contribution in [2.45, 2.75) is 20.0 Å². The van der Waals surface area contributed by atoms with Crippen LogP contribution in [0.5, 0.6) is 0 Å². The highest BCUT2D eigenvalue weighted by Crippen LogP contribution is 2.36. The molecule has 0 aliphatic carbocycles. The number of hydrogen-bond donors (Lipinski definition) is 0. The zero-order chi connectivity index (χ0) is 21.8. The molecule has 0 amide bonds. The lowest BCUT2D eigenvalue weighted by atomic mass is 10.1. The average Bonchev–Trinajstić information content (AvgIpc) is 3.15. The predicted octanol–water partition coefficient (Wildman–Crippen LogP) is 6.88. The average molecular weight is 417 g/mol. The van der Waals surface area contributed by atoms with E-state index in [1.54, 1.807) is 10.9 Å². The van der Waals surface area contributed by atoms with Crippen LogP contribution in [0, 0.1) is 13.8 Å². The first-order valence-corrected chi connectivity index (χ1v) is 9.84. The summed E-state index contributed by atoms with van der Waals surface area (Å²) in [5.41, 5.74) is 5.08. The topological polar surface area (TPSA) is 30.7 Å². The second-order valence-electron chi connectivity index (χ2n) is 7.65. The highest BCUT2D eigenvalue weighted by Gasteiger charge is 2.31. The number of alkyl halides is 3. The minimum atomic E-state index is -4.42. The zero-order valence-electron chi connectivity index (χ0n) is 16.9. The van der Waals surface area contributed by atoms with Crippen LogP contribution in [-0.2, 0) is 6.18 Å². The number of benzene rings is 3. The first kappa shape index (κ1) is 19.3. The van der Waals surface area contributed by atoms with E-state index in [4.69, 9.17) is 5.10 Å². The molecule has 6 heteroatoms. The third kappa shape index (κ3) is 3.24. The summed E-state index contributed by atoms with van der Waals surface area (Å²) in [6, 6.07) is 19.4. The van der Waals surface area contributed by atoms with Gasteiger partial charge in [-0.3, -0.25) is 4.98 Å². The van der Waals surface area contributed by atoms with Crippen LogP contribution in [-0.4, -0.2) is 14.8 Å². The Morgan fingerprint density at radius 3 is 2.29 bits per heavy atom. The SMILES string of the molecule is Cc1ccc(-n2nc(-c3ccccc3)c3cnc4cc(C(F)(F)F)ccc4c32)cc1C. The smallest absolute Gasteiger partial charge is 0.255 e. The fourth-order valence-corrected chi connectivity index (χ4v) is 3.81. The molecular formula is C25H18F3N3. The van der Waals surface area contributed by atoms with Gasteiger partial charge in [-0.25, -0.2) is 4.68 Å². The normalized spacial score (nSPS) is 12.0. The van der Waals surface area contributed by atoms with E-state index >= 15 is 0 Å². The Kier molecular flexibility index (Phi) is 4.32. The first-order chi connectivity index (χ1) is 14.8. The van der Waals surface area contributed by atoms with Gasteiger partial charge in [0, 0.05) is 22.5 Å². The van der Waals surface area contributed by atoms with E-state index in [2.05, 4.69) is 4.98 Å². The highest BCUT2D eigenvalue weighted by atomic mass is 19.4. The quantitative estimate of drug-likeness (QED) is 0.314. The summed E-state index contributed by atoms with van der Waals surface area (Å²) >= 11 is 0. The summed E-state index contributed by atoms with van der Waals surface area (Å²) < 4.78 is 41.5. The summed E-state index contributed by atoms with van der Waals surface area (Å²) in [6.45, 7) is 4.06. The molecule has 5 aromatic rings. The monoisotopic (exact) mass is 417 g/mol. The van der Waals surface area contributed by atoms with Gasteiger partial charge in [-0.15, -0.1) is 0 Å². The van der Waals surface area contributed by atoms with Crippen LogP contribution >= 0.6 is 0 Å². The lowest BCUT2D eigenvalue weighted by Crippen LogP contribution is -2.05. The molecule has 2 heterocycles. The Hall–Kier alpha value is -3.67.